The van der Waals surface area contributed by atoms with Crippen LogP contribution in [0.25, 0.3) is 0 Å². The number of rotatable bonds is 7. The lowest BCUT2D eigenvalue weighted by atomic mass is 10.2. The van der Waals surface area contributed by atoms with E-state index >= 15 is 0 Å². The molecular weight excluding hydrogens is 288 g/mol. The van der Waals surface area contributed by atoms with Gasteiger partial charge >= 0.3 is 0 Å². The van der Waals surface area contributed by atoms with E-state index in [1.165, 1.54) is 5.69 Å². The summed E-state index contributed by atoms with van der Waals surface area (Å²) < 4.78 is 0. The Labute approximate surface area is 137 Å². The Bertz CT molecular complexity index is 628. The smallest absolute Gasteiger partial charge is 0.270 e. The van der Waals surface area contributed by atoms with E-state index in [2.05, 4.69) is 39.4 Å². The standard InChI is InChI=1S/C18H24N4O/c1-14(2)17-19-12-10-16(21-17)18(23)20-11-7-13-22(3)15-8-5-4-6-9-15/h4-6,8-10,12,14H,7,11,13H2,1-3H3,(H,20,23). The fraction of sp³-hybridized carbons (Fsp3) is 0.389. The van der Waals surface area contributed by atoms with Crippen molar-refractivity contribution in [2.24, 2.45) is 0 Å². The van der Waals surface area contributed by atoms with Crippen molar-refractivity contribution in [1.29, 1.82) is 0 Å². The molecule has 0 bridgehead atoms. The second-order valence-electron chi connectivity index (χ2n) is 5.82. The fourth-order valence-corrected chi connectivity index (χ4v) is 2.20. The van der Waals surface area contributed by atoms with Crippen molar-refractivity contribution < 1.29 is 4.79 Å². The number of carbonyl (C=O) groups excluding carboxylic acids is 1. The summed E-state index contributed by atoms with van der Waals surface area (Å²) >= 11 is 0. The molecular formula is C18H24N4O. The van der Waals surface area contributed by atoms with E-state index in [-0.39, 0.29) is 11.8 Å². The van der Waals surface area contributed by atoms with Gasteiger partial charge in [-0.25, -0.2) is 9.97 Å². The van der Waals surface area contributed by atoms with E-state index in [0.717, 1.165) is 13.0 Å². The van der Waals surface area contributed by atoms with Crippen LogP contribution in [0.15, 0.2) is 42.6 Å². The zero-order valence-electron chi connectivity index (χ0n) is 14.0. The van der Waals surface area contributed by atoms with Gasteiger partial charge in [-0.05, 0) is 24.6 Å². The van der Waals surface area contributed by atoms with E-state index in [1.807, 2.05) is 32.0 Å². The highest BCUT2D eigenvalue weighted by molar-refractivity contribution is 5.92. The predicted molar refractivity (Wildman–Crippen MR) is 92.8 cm³/mol. The van der Waals surface area contributed by atoms with Crippen LogP contribution in [-0.4, -0.2) is 36.0 Å². The quantitative estimate of drug-likeness (QED) is 0.799. The van der Waals surface area contributed by atoms with Gasteiger partial charge in [0.05, 0.1) is 0 Å². The lowest BCUT2D eigenvalue weighted by Crippen LogP contribution is -2.29. The molecule has 5 nitrogen and oxygen atoms in total. The number of hydrogen-bond acceptors (Lipinski definition) is 4. The minimum Gasteiger partial charge on any atom is -0.375 e. The first-order valence-electron chi connectivity index (χ1n) is 7.95. The molecule has 0 aliphatic heterocycles. The normalized spacial score (nSPS) is 10.6. The average Bonchev–Trinajstić information content (AvgIpc) is 2.59. The number of para-hydroxylation sites is 1. The molecule has 0 radical (unpaired) electrons. The summed E-state index contributed by atoms with van der Waals surface area (Å²) in [5, 5.41) is 2.92. The molecule has 0 spiro atoms. The summed E-state index contributed by atoms with van der Waals surface area (Å²) in [4.78, 5) is 22.8. The lowest BCUT2D eigenvalue weighted by Gasteiger charge is -2.19. The molecule has 0 unspecified atom stereocenters. The van der Waals surface area contributed by atoms with Gasteiger partial charge in [-0.2, -0.15) is 0 Å². The zero-order valence-corrected chi connectivity index (χ0v) is 14.0. The van der Waals surface area contributed by atoms with Crippen LogP contribution >= 0.6 is 0 Å². The average molecular weight is 312 g/mol. The topological polar surface area (TPSA) is 58.1 Å². The van der Waals surface area contributed by atoms with Crippen molar-refractivity contribution in [2.75, 3.05) is 25.0 Å². The number of amides is 1. The van der Waals surface area contributed by atoms with Crippen molar-refractivity contribution in [3.63, 3.8) is 0 Å². The highest BCUT2D eigenvalue weighted by Gasteiger charge is 2.10. The molecule has 0 saturated carbocycles. The van der Waals surface area contributed by atoms with Crippen molar-refractivity contribution in [2.45, 2.75) is 26.2 Å². The molecule has 1 N–H and O–H groups in total. The van der Waals surface area contributed by atoms with Gasteiger partial charge in [0.1, 0.15) is 11.5 Å². The van der Waals surface area contributed by atoms with Crippen LogP contribution in [0.2, 0.25) is 0 Å². The number of benzene rings is 1. The van der Waals surface area contributed by atoms with Crippen LogP contribution in [0.4, 0.5) is 5.69 Å². The predicted octanol–water partition coefficient (Wildman–Crippen LogP) is 2.86. The van der Waals surface area contributed by atoms with Crippen LogP contribution in [0.1, 0.15) is 42.5 Å². The summed E-state index contributed by atoms with van der Waals surface area (Å²) in [6, 6.07) is 11.9. The Morgan fingerprint density at radius 2 is 1.96 bits per heavy atom. The first-order chi connectivity index (χ1) is 11.1. The molecule has 122 valence electrons. The van der Waals surface area contributed by atoms with Gasteiger partial charge in [0, 0.05) is 37.9 Å². The number of anilines is 1. The Balaban J connectivity index is 1.78. The van der Waals surface area contributed by atoms with Crippen molar-refractivity contribution >= 4 is 11.6 Å². The molecule has 0 aliphatic rings. The lowest BCUT2D eigenvalue weighted by molar-refractivity contribution is 0.0948. The molecule has 5 heteroatoms. The van der Waals surface area contributed by atoms with E-state index < -0.39 is 0 Å². The maximum Gasteiger partial charge on any atom is 0.270 e. The van der Waals surface area contributed by atoms with Gasteiger partial charge in [0.15, 0.2) is 0 Å². The molecule has 1 aromatic carbocycles. The second-order valence-corrected chi connectivity index (χ2v) is 5.82. The molecule has 2 aromatic rings. The Hall–Kier alpha value is -2.43. The third-order valence-electron chi connectivity index (χ3n) is 3.58. The minimum atomic E-state index is -0.142. The van der Waals surface area contributed by atoms with Crippen LogP contribution in [0, 0.1) is 0 Å². The maximum atomic E-state index is 12.1. The number of nitrogens with one attached hydrogen (secondary N) is 1. The van der Waals surface area contributed by atoms with Crippen LogP contribution in [0.3, 0.4) is 0 Å². The van der Waals surface area contributed by atoms with E-state index in [4.69, 9.17) is 0 Å². The first kappa shape index (κ1) is 16.9. The Kier molecular flexibility index (Phi) is 6.09. The molecule has 1 heterocycles. The molecule has 0 atom stereocenters. The largest absolute Gasteiger partial charge is 0.375 e. The third-order valence-corrected chi connectivity index (χ3v) is 3.58. The van der Waals surface area contributed by atoms with Crippen LogP contribution in [0.5, 0.6) is 0 Å². The SMILES string of the molecule is CC(C)c1nccc(C(=O)NCCCN(C)c2ccccc2)n1. The number of aromatic nitrogens is 2. The molecule has 0 aliphatic carbocycles. The van der Waals surface area contributed by atoms with Gasteiger partial charge in [-0.1, -0.05) is 32.0 Å². The molecule has 0 saturated heterocycles. The fourth-order valence-electron chi connectivity index (χ4n) is 2.20. The highest BCUT2D eigenvalue weighted by atomic mass is 16.1. The number of nitrogens with zero attached hydrogens (tertiary/aromatic N) is 3. The summed E-state index contributed by atoms with van der Waals surface area (Å²) in [7, 11) is 2.05. The third kappa shape index (κ3) is 5.06. The summed E-state index contributed by atoms with van der Waals surface area (Å²) in [6.45, 7) is 5.52. The highest BCUT2D eigenvalue weighted by Crippen LogP contribution is 2.11. The zero-order chi connectivity index (χ0) is 16.7. The molecule has 0 fully saturated rings. The first-order valence-corrected chi connectivity index (χ1v) is 7.95. The van der Waals surface area contributed by atoms with Gasteiger partial charge in [0.2, 0.25) is 0 Å². The van der Waals surface area contributed by atoms with Crippen LogP contribution in [-0.2, 0) is 0 Å². The van der Waals surface area contributed by atoms with Gasteiger partial charge in [-0.3, -0.25) is 4.79 Å². The summed E-state index contributed by atoms with van der Waals surface area (Å²) in [5.74, 6) is 0.764. The Morgan fingerprint density at radius 1 is 1.22 bits per heavy atom. The van der Waals surface area contributed by atoms with E-state index in [9.17, 15) is 4.79 Å². The maximum absolute atomic E-state index is 12.1. The second kappa shape index (κ2) is 8.27. The monoisotopic (exact) mass is 312 g/mol. The summed E-state index contributed by atoms with van der Waals surface area (Å²) in [5.41, 5.74) is 1.61. The molecule has 1 amide bonds. The van der Waals surface area contributed by atoms with Crippen molar-refractivity contribution in [3.05, 3.63) is 54.1 Å². The van der Waals surface area contributed by atoms with Crippen LogP contribution < -0.4 is 10.2 Å². The van der Waals surface area contributed by atoms with Crippen molar-refractivity contribution in [3.8, 4) is 0 Å². The van der Waals surface area contributed by atoms with Gasteiger partial charge in [-0.15, -0.1) is 0 Å². The summed E-state index contributed by atoms with van der Waals surface area (Å²) in [6.07, 6.45) is 2.51. The van der Waals surface area contributed by atoms with Gasteiger partial charge in [0.25, 0.3) is 5.91 Å². The van der Waals surface area contributed by atoms with E-state index in [0.29, 0.717) is 18.1 Å². The van der Waals surface area contributed by atoms with Crippen molar-refractivity contribution in [1.82, 2.24) is 15.3 Å². The minimum absolute atomic E-state index is 0.142. The molecule has 1 aromatic heterocycles. The van der Waals surface area contributed by atoms with E-state index in [1.54, 1.807) is 12.3 Å². The number of carbonyl (C=O) groups is 1. The van der Waals surface area contributed by atoms with Gasteiger partial charge < -0.3 is 10.2 Å². The molecule has 23 heavy (non-hydrogen) atoms. The number of hydrogen-bond donors (Lipinski definition) is 1. The molecule has 2 rings (SSSR count). The Morgan fingerprint density at radius 3 is 2.65 bits per heavy atom.